The number of aromatic nitrogens is 2. The van der Waals surface area contributed by atoms with Crippen LogP contribution >= 0.6 is 0 Å². The number of nitrogens with zero attached hydrogens (tertiary/aromatic N) is 6. The minimum absolute atomic E-state index is 0.0852. The van der Waals surface area contributed by atoms with Gasteiger partial charge in [-0.3, -0.25) is 19.6 Å². The molecule has 11 heteroatoms. The number of hydrazine groups is 1. The van der Waals surface area contributed by atoms with Crippen molar-refractivity contribution >= 4 is 17.8 Å². The highest BCUT2D eigenvalue weighted by Crippen LogP contribution is 2.30. The second kappa shape index (κ2) is 13.6. The van der Waals surface area contributed by atoms with Crippen molar-refractivity contribution in [2.45, 2.75) is 31.7 Å². The first kappa shape index (κ1) is 30.5. The van der Waals surface area contributed by atoms with Crippen LogP contribution in [0.1, 0.15) is 16.8 Å². The van der Waals surface area contributed by atoms with Crippen LogP contribution in [-0.2, 0) is 29.1 Å². The monoisotopic (exact) mass is 617 g/mol. The molecule has 0 aliphatic carbocycles. The molecule has 2 aliphatic heterocycles. The van der Waals surface area contributed by atoms with Crippen molar-refractivity contribution in [2.75, 3.05) is 19.6 Å². The van der Waals surface area contributed by atoms with Gasteiger partial charge < -0.3 is 20.2 Å². The average molecular weight is 618 g/mol. The summed E-state index contributed by atoms with van der Waals surface area (Å²) in [6.45, 7) is 4.58. The topological polar surface area (TPSA) is 122 Å². The van der Waals surface area contributed by atoms with Gasteiger partial charge in [0.25, 0.3) is 0 Å². The van der Waals surface area contributed by atoms with Gasteiger partial charge in [0.05, 0.1) is 31.0 Å². The number of amides is 4. The molecule has 0 radical (unpaired) electrons. The summed E-state index contributed by atoms with van der Waals surface area (Å²) in [5.74, 6) is -0.395. The Balaban J connectivity index is 1.34. The molecule has 2 aromatic heterocycles. The molecule has 234 valence electrons. The third-order valence-corrected chi connectivity index (χ3v) is 8.15. The fraction of sp³-hybridized carbons (Fsp3) is 0.229. The van der Waals surface area contributed by atoms with Crippen molar-refractivity contribution < 1.29 is 19.5 Å². The van der Waals surface area contributed by atoms with Crippen LogP contribution in [0, 0.1) is 0 Å². The number of carbonyl (C=O) groups excluding carboxylic acids is 3. The molecule has 0 bridgehead atoms. The summed E-state index contributed by atoms with van der Waals surface area (Å²) < 4.78 is 0. The predicted molar refractivity (Wildman–Crippen MR) is 171 cm³/mol. The van der Waals surface area contributed by atoms with Crippen LogP contribution in [0.25, 0.3) is 11.3 Å². The molecule has 4 aromatic rings. The average Bonchev–Trinajstić information content (AvgIpc) is 3.07. The molecule has 11 nitrogen and oxygen atoms in total. The highest BCUT2D eigenvalue weighted by atomic mass is 16.3. The maximum absolute atomic E-state index is 14.2. The summed E-state index contributed by atoms with van der Waals surface area (Å²) in [5, 5.41) is 16.1. The number of pyridine rings is 2. The summed E-state index contributed by atoms with van der Waals surface area (Å²) in [7, 11) is 0. The molecule has 2 atom stereocenters. The van der Waals surface area contributed by atoms with Gasteiger partial charge in [0, 0.05) is 37.5 Å². The fourth-order valence-corrected chi connectivity index (χ4v) is 5.99. The molecular formula is C35H35N7O4. The van der Waals surface area contributed by atoms with Gasteiger partial charge in [-0.05, 0) is 47.5 Å². The Bertz CT molecular complexity index is 1700. The lowest BCUT2D eigenvalue weighted by Gasteiger charge is -2.55. The van der Waals surface area contributed by atoms with Crippen LogP contribution in [0.4, 0.5) is 4.79 Å². The van der Waals surface area contributed by atoms with Gasteiger partial charge in [0.2, 0.25) is 11.8 Å². The van der Waals surface area contributed by atoms with Gasteiger partial charge in [0.15, 0.2) is 0 Å². The molecule has 0 spiro atoms. The van der Waals surface area contributed by atoms with Crippen molar-refractivity contribution in [3.8, 4) is 17.0 Å². The van der Waals surface area contributed by atoms with Crippen LogP contribution in [0.15, 0.2) is 110 Å². The van der Waals surface area contributed by atoms with Crippen LogP contribution in [0.5, 0.6) is 5.75 Å². The van der Waals surface area contributed by atoms with Crippen molar-refractivity contribution in [1.82, 2.24) is 35.1 Å². The number of carbonyl (C=O) groups is 3. The van der Waals surface area contributed by atoms with E-state index in [1.807, 2.05) is 60.7 Å². The van der Waals surface area contributed by atoms with Crippen LogP contribution in [0.3, 0.4) is 0 Å². The van der Waals surface area contributed by atoms with E-state index in [0.717, 1.165) is 22.4 Å². The number of urea groups is 1. The smallest absolute Gasteiger partial charge is 0.334 e. The normalized spacial score (nSPS) is 18.3. The molecule has 2 aromatic carbocycles. The maximum Gasteiger partial charge on any atom is 0.334 e. The summed E-state index contributed by atoms with van der Waals surface area (Å²) in [5.41, 5.74) is 3.95. The lowest BCUT2D eigenvalue weighted by atomic mass is 9.98. The number of rotatable bonds is 9. The molecular weight excluding hydrogens is 582 g/mol. The molecule has 4 amide bonds. The number of aromatic hydroxyl groups is 1. The Morgan fingerprint density at radius 3 is 2.52 bits per heavy atom. The largest absolute Gasteiger partial charge is 0.508 e. The second-order valence-corrected chi connectivity index (χ2v) is 11.3. The lowest BCUT2D eigenvalue weighted by Crippen LogP contribution is -2.76. The van der Waals surface area contributed by atoms with E-state index in [0.29, 0.717) is 12.2 Å². The van der Waals surface area contributed by atoms with Gasteiger partial charge in [-0.2, -0.15) is 0 Å². The van der Waals surface area contributed by atoms with Gasteiger partial charge in [-0.15, -0.1) is 6.58 Å². The number of phenols is 1. The maximum atomic E-state index is 14.2. The van der Waals surface area contributed by atoms with Gasteiger partial charge in [0.1, 0.15) is 18.0 Å². The van der Waals surface area contributed by atoms with Crippen molar-refractivity contribution in [3.05, 3.63) is 127 Å². The molecule has 0 saturated carbocycles. The Morgan fingerprint density at radius 2 is 1.78 bits per heavy atom. The SMILES string of the molecule is C=CCN1CC(=O)N2[C@@H](Cc3ccc(O)cc3)C(=O)N(Cc3cccc(-c4cccnc4)n3)C[C@@H]2N1C(=O)NCc1ccccc1. The summed E-state index contributed by atoms with van der Waals surface area (Å²) in [4.78, 5) is 54.2. The number of phenolic OH excluding ortho intramolecular Hbond substituents is 1. The molecule has 0 unspecified atom stereocenters. The van der Waals surface area contributed by atoms with E-state index < -0.39 is 12.2 Å². The van der Waals surface area contributed by atoms with Gasteiger partial charge in [-0.25, -0.2) is 14.8 Å². The predicted octanol–water partition coefficient (Wildman–Crippen LogP) is 3.59. The summed E-state index contributed by atoms with van der Waals surface area (Å²) in [6.07, 6.45) is 4.51. The van der Waals surface area contributed by atoms with Crippen molar-refractivity contribution in [3.63, 3.8) is 0 Å². The second-order valence-electron chi connectivity index (χ2n) is 11.3. The van der Waals surface area contributed by atoms with E-state index in [1.165, 1.54) is 0 Å². The number of nitrogens with one attached hydrogen (secondary N) is 1. The number of piperazine rings is 1. The van der Waals surface area contributed by atoms with Gasteiger partial charge >= 0.3 is 6.03 Å². The Kier molecular flexibility index (Phi) is 9.02. The number of hydrogen-bond acceptors (Lipinski definition) is 7. The third kappa shape index (κ3) is 6.59. The third-order valence-electron chi connectivity index (χ3n) is 8.15. The molecule has 46 heavy (non-hydrogen) atoms. The summed E-state index contributed by atoms with van der Waals surface area (Å²) >= 11 is 0. The first-order valence-corrected chi connectivity index (χ1v) is 15.1. The fourth-order valence-electron chi connectivity index (χ4n) is 5.99. The standard InChI is InChI=1S/C35H35N7O4/c1-2-18-40-24-33(44)41-31(19-25-13-15-29(43)16-14-25)34(45)39(22-28-11-6-12-30(38-28)27-10-7-17-36-21-27)23-32(41)42(40)35(46)37-20-26-8-4-3-5-9-26/h2-17,21,31-32,43H,1,18-20,22-24H2,(H,37,46)/t31-,32-/m0/s1. The zero-order valence-electron chi connectivity index (χ0n) is 25.3. The highest BCUT2D eigenvalue weighted by molar-refractivity contribution is 5.91. The molecule has 2 N–H and O–H groups in total. The van der Waals surface area contributed by atoms with Crippen molar-refractivity contribution in [1.29, 1.82) is 0 Å². The minimum atomic E-state index is -0.882. The molecule has 2 aliphatic rings. The Morgan fingerprint density at radius 1 is 0.978 bits per heavy atom. The molecule has 2 fully saturated rings. The highest BCUT2D eigenvalue weighted by Gasteiger charge is 2.51. The molecule has 4 heterocycles. The number of hydrogen-bond donors (Lipinski definition) is 2. The van der Waals surface area contributed by atoms with Crippen LogP contribution < -0.4 is 5.32 Å². The van der Waals surface area contributed by atoms with E-state index in [2.05, 4.69) is 16.9 Å². The van der Waals surface area contributed by atoms with E-state index in [1.54, 1.807) is 62.6 Å². The van der Waals surface area contributed by atoms with Crippen LogP contribution in [0.2, 0.25) is 0 Å². The number of benzene rings is 2. The van der Waals surface area contributed by atoms with E-state index in [-0.39, 0.29) is 56.2 Å². The molecule has 2 saturated heterocycles. The lowest BCUT2D eigenvalue weighted by molar-refractivity contribution is -0.189. The zero-order valence-corrected chi connectivity index (χ0v) is 25.3. The van der Waals surface area contributed by atoms with E-state index in [9.17, 15) is 19.5 Å². The minimum Gasteiger partial charge on any atom is -0.508 e. The first-order chi connectivity index (χ1) is 22.4. The quantitative estimate of drug-likeness (QED) is 0.275. The Hall–Kier alpha value is -5.55. The Labute approximate surface area is 267 Å². The van der Waals surface area contributed by atoms with Crippen molar-refractivity contribution in [2.24, 2.45) is 0 Å². The van der Waals surface area contributed by atoms with E-state index in [4.69, 9.17) is 4.98 Å². The van der Waals surface area contributed by atoms with Crippen LogP contribution in [-0.4, -0.2) is 84.6 Å². The first-order valence-electron chi connectivity index (χ1n) is 15.1. The van der Waals surface area contributed by atoms with E-state index >= 15 is 0 Å². The molecule has 6 rings (SSSR count). The summed E-state index contributed by atoms with van der Waals surface area (Å²) in [6, 6.07) is 24.3. The number of fused-ring (bicyclic) bond motifs is 1. The van der Waals surface area contributed by atoms with Gasteiger partial charge in [-0.1, -0.05) is 54.6 Å². The zero-order chi connectivity index (χ0) is 32.0.